The van der Waals surface area contributed by atoms with Crippen LogP contribution >= 0.6 is 23.4 Å². The minimum absolute atomic E-state index is 0.229. The number of carbonyl (C=O) groups excluding carboxylic acids is 1. The Morgan fingerprint density at radius 3 is 2.31 bits per heavy atom. The van der Waals surface area contributed by atoms with Crippen LogP contribution in [0, 0.1) is 5.41 Å². The molecule has 0 aliphatic heterocycles. The Morgan fingerprint density at radius 2 is 1.81 bits per heavy atom. The molecule has 0 radical (unpaired) electrons. The zero-order valence-corrected chi connectivity index (χ0v) is 11.5. The van der Waals surface area contributed by atoms with E-state index in [4.69, 9.17) is 11.6 Å². The van der Waals surface area contributed by atoms with Gasteiger partial charge >= 0.3 is 0 Å². The van der Waals surface area contributed by atoms with Crippen molar-refractivity contribution in [3.05, 3.63) is 34.9 Å². The molecule has 88 valence electrons. The molecule has 1 aromatic carbocycles. The number of benzene rings is 1. The Balaban J connectivity index is 2.36. The smallest absolute Gasteiger partial charge is 0.148 e. The van der Waals surface area contributed by atoms with Crippen LogP contribution in [0.3, 0.4) is 0 Å². The largest absolute Gasteiger partial charge is 0.298 e. The lowest BCUT2D eigenvalue weighted by molar-refractivity contribution is -0.123. The van der Waals surface area contributed by atoms with Crippen molar-refractivity contribution in [3.63, 3.8) is 0 Å². The van der Waals surface area contributed by atoms with E-state index < -0.39 is 0 Å². The first-order valence-corrected chi connectivity index (χ1v) is 6.78. The Morgan fingerprint density at radius 1 is 1.25 bits per heavy atom. The summed E-state index contributed by atoms with van der Waals surface area (Å²) in [4.78, 5) is 11.7. The summed E-state index contributed by atoms with van der Waals surface area (Å²) in [5.41, 5.74) is 0.976. The lowest BCUT2D eigenvalue weighted by atomic mass is 9.92. The summed E-state index contributed by atoms with van der Waals surface area (Å²) in [6.45, 7) is 5.87. The molecule has 1 nitrogen and oxygen atoms in total. The maximum absolute atomic E-state index is 11.7. The maximum atomic E-state index is 11.7. The SMILES string of the molecule is CC(C)(C)C(=O)CSCc1ccc(Cl)cc1. The van der Waals surface area contributed by atoms with E-state index in [2.05, 4.69) is 0 Å². The number of thioether (sulfide) groups is 1. The number of halogens is 1. The normalized spacial score (nSPS) is 11.5. The molecule has 0 bridgehead atoms. The summed E-state index contributed by atoms with van der Waals surface area (Å²) >= 11 is 7.45. The van der Waals surface area contributed by atoms with Crippen LogP contribution in [0.1, 0.15) is 26.3 Å². The van der Waals surface area contributed by atoms with E-state index in [1.807, 2.05) is 45.0 Å². The minimum Gasteiger partial charge on any atom is -0.298 e. The molecule has 16 heavy (non-hydrogen) atoms. The topological polar surface area (TPSA) is 17.1 Å². The first-order chi connectivity index (χ1) is 7.39. The Hall–Kier alpha value is -0.470. The third-order valence-corrected chi connectivity index (χ3v) is 3.51. The molecule has 1 aromatic rings. The summed E-state index contributed by atoms with van der Waals surface area (Å²) in [5.74, 6) is 1.73. The number of hydrogen-bond donors (Lipinski definition) is 0. The van der Waals surface area contributed by atoms with E-state index >= 15 is 0 Å². The average Bonchev–Trinajstić information content (AvgIpc) is 2.19. The highest BCUT2D eigenvalue weighted by atomic mass is 35.5. The Bertz CT molecular complexity index is 351. The molecule has 0 spiro atoms. The number of ketones is 1. The van der Waals surface area contributed by atoms with E-state index in [0.29, 0.717) is 11.5 Å². The summed E-state index contributed by atoms with van der Waals surface area (Å²) in [7, 11) is 0. The van der Waals surface area contributed by atoms with Crippen LogP contribution < -0.4 is 0 Å². The summed E-state index contributed by atoms with van der Waals surface area (Å²) in [6.07, 6.45) is 0. The van der Waals surface area contributed by atoms with Gasteiger partial charge in [0.1, 0.15) is 5.78 Å². The monoisotopic (exact) mass is 256 g/mol. The van der Waals surface area contributed by atoms with Gasteiger partial charge in [0.25, 0.3) is 0 Å². The first-order valence-electron chi connectivity index (χ1n) is 5.25. The highest BCUT2D eigenvalue weighted by molar-refractivity contribution is 7.99. The van der Waals surface area contributed by atoms with Crippen LogP contribution in [0.4, 0.5) is 0 Å². The molecule has 0 aromatic heterocycles. The Kier molecular flexibility index (Phi) is 4.88. The van der Waals surface area contributed by atoms with Crippen molar-refractivity contribution >= 4 is 29.1 Å². The summed E-state index contributed by atoms with van der Waals surface area (Å²) in [6, 6.07) is 7.75. The second-order valence-electron chi connectivity index (χ2n) is 4.79. The van der Waals surface area contributed by atoms with Gasteiger partial charge in [-0.1, -0.05) is 44.5 Å². The fourth-order valence-corrected chi connectivity index (χ4v) is 2.33. The van der Waals surface area contributed by atoms with E-state index in [1.165, 1.54) is 5.56 Å². The van der Waals surface area contributed by atoms with Crippen molar-refractivity contribution < 1.29 is 4.79 Å². The molecule has 0 fully saturated rings. The molecule has 1 rings (SSSR count). The standard InChI is InChI=1S/C13H17ClOS/c1-13(2,3)12(15)9-16-8-10-4-6-11(14)7-5-10/h4-7H,8-9H2,1-3H3. The van der Waals surface area contributed by atoms with Crippen molar-refractivity contribution in [2.45, 2.75) is 26.5 Å². The summed E-state index contributed by atoms with van der Waals surface area (Å²) in [5, 5.41) is 0.750. The number of carbonyl (C=O) groups is 1. The highest BCUT2D eigenvalue weighted by Gasteiger charge is 2.20. The van der Waals surface area contributed by atoms with E-state index in [0.717, 1.165) is 10.8 Å². The van der Waals surface area contributed by atoms with Gasteiger partial charge in [0, 0.05) is 16.2 Å². The van der Waals surface area contributed by atoms with Crippen molar-refractivity contribution in [1.82, 2.24) is 0 Å². The Labute approximate surface area is 107 Å². The third kappa shape index (κ3) is 4.58. The van der Waals surface area contributed by atoms with Crippen LogP contribution in [0.5, 0.6) is 0 Å². The molecule has 0 aliphatic rings. The van der Waals surface area contributed by atoms with Crippen LogP contribution in [-0.4, -0.2) is 11.5 Å². The molecular weight excluding hydrogens is 240 g/mol. The van der Waals surface area contributed by atoms with Crippen LogP contribution in [0.2, 0.25) is 5.02 Å². The van der Waals surface area contributed by atoms with Crippen LogP contribution in [-0.2, 0) is 10.5 Å². The molecular formula is C13H17ClOS. The zero-order chi connectivity index (χ0) is 12.2. The zero-order valence-electron chi connectivity index (χ0n) is 9.92. The van der Waals surface area contributed by atoms with Crippen molar-refractivity contribution in [2.75, 3.05) is 5.75 Å². The van der Waals surface area contributed by atoms with Gasteiger partial charge in [-0.3, -0.25) is 4.79 Å². The van der Waals surface area contributed by atoms with Crippen LogP contribution in [0.15, 0.2) is 24.3 Å². The van der Waals surface area contributed by atoms with Gasteiger partial charge in [-0.25, -0.2) is 0 Å². The molecule has 0 unspecified atom stereocenters. The number of hydrogen-bond acceptors (Lipinski definition) is 2. The van der Waals surface area contributed by atoms with Gasteiger partial charge in [0.15, 0.2) is 0 Å². The van der Waals surface area contributed by atoms with Gasteiger partial charge in [-0.05, 0) is 17.7 Å². The average molecular weight is 257 g/mol. The quantitative estimate of drug-likeness (QED) is 0.804. The lowest BCUT2D eigenvalue weighted by Gasteiger charge is -2.15. The number of rotatable bonds is 4. The second kappa shape index (κ2) is 5.74. The molecule has 3 heteroatoms. The molecule has 0 saturated carbocycles. The van der Waals surface area contributed by atoms with Gasteiger partial charge in [0.2, 0.25) is 0 Å². The fourth-order valence-electron chi connectivity index (χ4n) is 1.06. The van der Waals surface area contributed by atoms with Crippen LogP contribution in [0.25, 0.3) is 0 Å². The first kappa shape index (κ1) is 13.6. The molecule has 0 N–H and O–H groups in total. The van der Waals surface area contributed by atoms with E-state index in [-0.39, 0.29) is 5.41 Å². The predicted molar refractivity (Wildman–Crippen MR) is 72.1 cm³/mol. The number of Topliss-reactive ketones (excluding diaryl/α,β-unsaturated/α-hetero) is 1. The van der Waals surface area contributed by atoms with Gasteiger partial charge in [0.05, 0.1) is 5.75 Å². The van der Waals surface area contributed by atoms with Crippen molar-refractivity contribution in [3.8, 4) is 0 Å². The fraction of sp³-hybridized carbons (Fsp3) is 0.462. The van der Waals surface area contributed by atoms with Gasteiger partial charge in [-0.15, -0.1) is 11.8 Å². The molecule has 0 amide bonds. The minimum atomic E-state index is -0.229. The van der Waals surface area contributed by atoms with Crippen molar-refractivity contribution in [1.29, 1.82) is 0 Å². The van der Waals surface area contributed by atoms with Gasteiger partial charge < -0.3 is 0 Å². The van der Waals surface area contributed by atoms with Gasteiger partial charge in [-0.2, -0.15) is 0 Å². The maximum Gasteiger partial charge on any atom is 0.148 e. The van der Waals surface area contributed by atoms with E-state index in [9.17, 15) is 4.79 Å². The van der Waals surface area contributed by atoms with E-state index in [1.54, 1.807) is 11.8 Å². The second-order valence-corrected chi connectivity index (χ2v) is 6.21. The lowest BCUT2D eigenvalue weighted by Crippen LogP contribution is -2.22. The molecule has 0 saturated heterocycles. The molecule has 0 aliphatic carbocycles. The molecule has 0 atom stereocenters. The predicted octanol–water partition coefficient (Wildman–Crippen LogP) is 4.19. The highest BCUT2D eigenvalue weighted by Crippen LogP contribution is 2.20. The molecule has 0 heterocycles. The van der Waals surface area contributed by atoms with Crippen molar-refractivity contribution in [2.24, 2.45) is 5.41 Å². The third-order valence-electron chi connectivity index (χ3n) is 2.25. The summed E-state index contributed by atoms with van der Waals surface area (Å²) < 4.78 is 0.